The minimum atomic E-state index is 0.497. The number of nitrogens with zero attached hydrogens (tertiary/aromatic N) is 1. The highest BCUT2D eigenvalue weighted by molar-refractivity contribution is 5.34. The normalized spacial score (nSPS) is 23.1. The van der Waals surface area contributed by atoms with Gasteiger partial charge < -0.3 is 10.2 Å². The number of fused-ring (bicyclic) bond motifs is 1. The number of rotatable bonds is 5. The summed E-state index contributed by atoms with van der Waals surface area (Å²) in [5.41, 5.74) is 3.04. The molecule has 0 saturated carbocycles. The number of benzene rings is 1. The lowest BCUT2D eigenvalue weighted by Gasteiger charge is -2.39. The molecule has 0 radical (unpaired) electrons. The van der Waals surface area contributed by atoms with Crippen LogP contribution >= 0.6 is 0 Å². The van der Waals surface area contributed by atoms with Gasteiger partial charge in [-0.15, -0.1) is 0 Å². The molecule has 1 aliphatic rings. The van der Waals surface area contributed by atoms with Crippen LogP contribution < -0.4 is 5.32 Å². The summed E-state index contributed by atoms with van der Waals surface area (Å²) in [4.78, 5) is 2.53. The molecule has 0 saturated heterocycles. The summed E-state index contributed by atoms with van der Waals surface area (Å²) in [6, 6.07) is 10.1. The third-order valence-corrected chi connectivity index (χ3v) is 4.05. The van der Waals surface area contributed by atoms with Crippen LogP contribution in [0.25, 0.3) is 0 Å². The van der Waals surface area contributed by atoms with E-state index in [-0.39, 0.29) is 0 Å². The molecular weight excluding hydrogens is 220 g/mol. The summed E-state index contributed by atoms with van der Waals surface area (Å²) in [6.07, 6.45) is 3.72. The Kier molecular flexibility index (Phi) is 4.79. The van der Waals surface area contributed by atoms with Crippen molar-refractivity contribution in [3.63, 3.8) is 0 Å². The van der Waals surface area contributed by atoms with Gasteiger partial charge in [0.1, 0.15) is 0 Å². The van der Waals surface area contributed by atoms with Crippen LogP contribution in [-0.4, -0.2) is 31.1 Å². The predicted octanol–water partition coefficient (Wildman–Crippen LogP) is 2.99. The van der Waals surface area contributed by atoms with Crippen molar-refractivity contribution in [3.8, 4) is 0 Å². The Balaban J connectivity index is 2.23. The van der Waals surface area contributed by atoms with Gasteiger partial charge >= 0.3 is 0 Å². The maximum Gasteiger partial charge on any atom is 0.0480 e. The molecule has 100 valence electrons. The van der Waals surface area contributed by atoms with Gasteiger partial charge in [0.15, 0.2) is 0 Å². The van der Waals surface area contributed by atoms with Crippen LogP contribution in [0, 0.1) is 0 Å². The number of hydrogen-bond donors (Lipinski definition) is 1. The van der Waals surface area contributed by atoms with E-state index in [0.717, 1.165) is 6.54 Å². The average Bonchev–Trinajstić information content (AvgIpc) is 2.39. The first-order chi connectivity index (χ1) is 8.77. The lowest BCUT2D eigenvalue weighted by Crippen LogP contribution is -2.45. The second-order valence-electron chi connectivity index (χ2n) is 5.32. The Hall–Kier alpha value is -0.860. The minimum Gasteiger partial charge on any atom is -0.309 e. The van der Waals surface area contributed by atoms with Crippen molar-refractivity contribution < 1.29 is 0 Å². The summed E-state index contributed by atoms with van der Waals surface area (Å²) in [5.74, 6) is 0. The molecule has 0 aliphatic heterocycles. The zero-order valence-electron chi connectivity index (χ0n) is 11.9. The minimum absolute atomic E-state index is 0.497. The van der Waals surface area contributed by atoms with Crippen LogP contribution in [0.3, 0.4) is 0 Å². The van der Waals surface area contributed by atoms with Crippen molar-refractivity contribution in [2.24, 2.45) is 0 Å². The highest BCUT2D eigenvalue weighted by atomic mass is 15.2. The maximum atomic E-state index is 3.69. The Morgan fingerprint density at radius 2 is 2.06 bits per heavy atom. The van der Waals surface area contributed by atoms with Crippen LogP contribution in [0.1, 0.15) is 43.9 Å². The monoisotopic (exact) mass is 246 g/mol. The number of aryl methyl sites for hydroxylation is 1. The van der Waals surface area contributed by atoms with Gasteiger partial charge in [0.2, 0.25) is 0 Å². The second-order valence-corrected chi connectivity index (χ2v) is 5.32. The van der Waals surface area contributed by atoms with Gasteiger partial charge in [-0.05, 0) is 50.5 Å². The highest BCUT2D eigenvalue weighted by Gasteiger charge is 2.30. The fraction of sp³-hybridized carbons (Fsp3) is 0.625. The van der Waals surface area contributed by atoms with E-state index in [9.17, 15) is 0 Å². The van der Waals surface area contributed by atoms with E-state index in [0.29, 0.717) is 12.1 Å². The largest absolute Gasteiger partial charge is 0.309 e. The van der Waals surface area contributed by atoms with Crippen LogP contribution in [0.2, 0.25) is 0 Å². The van der Waals surface area contributed by atoms with E-state index >= 15 is 0 Å². The molecule has 0 amide bonds. The number of likely N-dealkylation sites (N-methyl/N-ethyl adjacent to an activating group) is 2. The van der Waals surface area contributed by atoms with Crippen LogP contribution in [-0.2, 0) is 6.42 Å². The van der Waals surface area contributed by atoms with Gasteiger partial charge in [-0.1, -0.05) is 38.1 Å². The molecule has 0 spiro atoms. The van der Waals surface area contributed by atoms with Crippen molar-refractivity contribution in [1.29, 1.82) is 0 Å². The molecule has 18 heavy (non-hydrogen) atoms. The molecule has 2 atom stereocenters. The summed E-state index contributed by atoms with van der Waals surface area (Å²) in [5, 5.41) is 3.69. The molecule has 2 unspecified atom stereocenters. The van der Waals surface area contributed by atoms with Crippen LogP contribution in [0.5, 0.6) is 0 Å². The quantitative estimate of drug-likeness (QED) is 0.859. The summed E-state index contributed by atoms with van der Waals surface area (Å²) >= 11 is 0. The second kappa shape index (κ2) is 6.35. The van der Waals surface area contributed by atoms with Crippen molar-refractivity contribution >= 4 is 0 Å². The van der Waals surface area contributed by atoms with Crippen molar-refractivity contribution in [3.05, 3.63) is 35.4 Å². The zero-order chi connectivity index (χ0) is 13.0. The lowest BCUT2D eigenvalue weighted by atomic mass is 9.83. The number of hydrogen-bond acceptors (Lipinski definition) is 2. The van der Waals surface area contributed by atoms with Crippen molar-refractivity contribution in [2.45, 2.75) is 45.2 Å². The lowest BCUT2D eigenvalue weighted by molar-refractivity contribution is 0.174. The molecule has 1 aliphatic carbocycles. The van der Waals surface area contributed by atoms with Gasteiger partial charge in [0.05, 0.1) is 0 Å². The van der Waals surface area contributed by atoms with Crippen molar-refractivity contribution in [1.82, 2.24) is 10.2 Å². The molecule has 2 heteroatoms. The summed E-state index contributed by atoms with van der Waals surface area (Å²) in [6.45, 7) is 6.69. The standard InChI is InChI=1S/C16H26N2/c1-4-12-18(3)15-11-10-13-8-6-7-9-14(13)16(15)17-5-2/h6-9,15-17H,4-5,10-12H2,1-3H3. The van der Waals surface area contributed by atoms with E-state index in [1.165, 1.54) is 36.9 Å². The van der Waals surface area contributed by atoms with Gasteiger partial charge in [-0.2, -0.15) is 0 Å². The van der Waals surface area contributed by atoms with Crippen LogP contribution in [0.4, 0.5) is 0 Å². The van der Waals surface area contributed by atoms with E-state index < -0.39 is 0 Å². The highest BCUT2D eigenvalue weighted by Crippen LogP contribution is 2.32. The SMILES string of the molecule is CCCN(C)C1CCc2ccccc2C1NCC. The van der Waals surface area contributed by atoms with Gasteiger partial charge in [0, 0.05) is 12.1 Å². The van der Waals surface area contributed by atoms with Gasteiger partial charge in [-0.3, -0.25) is 0 Å². The van der Waals surface area contributed by atoms with Gasteiger partial charge in [0.25, 0.3) is 0 Å². The molecule has 2 rings (SSSR count). The van der Waals surface area contributed by atoms with Crippen LogP contribution in [0.15, 0.2) is 24.3 Å². The Morgan fingerprint density at radius 3 is 2.78 bits per heavy atom. The van der Waals surface area contributed by atoms with Crippen molar-refractivity contribution in [2.75, 3.05) is 20.1 Å². The average molecular weight is 246 g/mol. The predicted molar refractivity (Wildman–Crippen MR) is 77.9 cm³/mol. The summed E-state index contributed by atoms with van der Waals surface area (Å²) in [7, 11) is 2.27. The Bertz CT molecular complexity index is 375. The van der Waals surface area contributed by atoms with Gasteiger partial charge in [-0.25, -0.2) is 0 Å². The zero-order valence-corrected chi connectivity index (χ0v) is 11.9. The van der Waals surface area contributed by atoms with E-state index in [1.54, 1.807) is 0 Å². The third kappa shape index (κ3) is 2.76. The fourth-order valence-electron chi connectivity index (χ4n) is 3.20. The first kappa shape index (κ1) is 13.6. The smallest absolute Gasteiger partial charge is 0.0480 e. The number of nitrogens with one attached hydrogen (secondary N) is 1. The molecule has 2 nitrogen and oxygen atoms in total. The molecule has 0 heterocycles. The molecule has 0 aromatic heterocycles. The molecule has 1 aromatic rings. The Labute approximate surface area is 111 Å². The Morgan fingerprint density at radius 1 is 1.28 bits per heavy atom. The first-order valence-corrected chi connectivity index (χ1v) is 7.29. The molecular formula is C16H26N2. The molecule has 0 bridgehead atoms. The molecule has 1 aromatic carbocycles. The first-order valence-electron chi connectivity index (χ1n) is 7.29. The van der Waals surface area contributed by atoms with E-state index in [1.807, 2.05) is 0 Å². The maximum absolute atomic E-state index is 3.69. The fourth-order valence-corrected chi connectivity index (χ4v) is 3.20. The molecule has 0 fully saturated rings. The molecule has 1 N–H and O–H groups in total. The van der Waals surface area contributed by atoms with E-state index in [2.05, 4.69) is 55.4 Å². The van der Waals surface area contributed by atoms with E-state index in [4.69, 9.17) is 0 Å². The topological polar surface area (TPSA) is 15.3 Å². The summed E-state index contributed by atoms with van der Waals surface area (Å²) < 4.78 is 0. The third-order valence-electron chi connectivity index (χ3n) is 4.05.